The molecule has 1 aromatic carbocycles. The molecule has 0 fully saturated rings. The SMILES string of the molecule is CCNC(CCS(C)(=O)=O)Cc1ccc(F)c(F)c1. The minimum atomic E-state index is -3.02. The van der Waals surface area contributed by atoms with Crippen LogP contribution >= 0.6 is 0 Å². The minimum Gasteiger partial charge on any atom is -0.314 e. The van der Waals surface area contributed by atoms with Crippen molar-refractivity contribution in [1.29, 1.82) is 0 Å². The highest BCUT2D eigenvalue weighted by atomic mass is 32.2. The number of hydrogen-bond acceptors (Lipinski definition) is 3. The molecule has 0 spiro atoms. The maximum Gasteiger partial charge on any atom is 0.159 e. The molecule has 1 rings (SSSR count). The van der Waals surface area contributed by atoms with E-state index in [1.54, 1.807) is 0 Å². The van der Waals surface area contributed by atoms with Gasteiger partial charge in [-0.25, -0.2) is 17.2 Å². The molecule has 1 N–H and O–H groups in total. The molecule has 0 heterocycles. The molecular weight excluding hydrogens is 272 g/mol. The van der Waals surface area contributed by atoms with Gasteiger partial charge < -0.3 is 5.32 Å². The number of nitrogens with one attached hydrogen (secondary N) is 1. The molecule has 3 nitrogen and oxygen atoms in total. The van der Waals surface area contributed by atoms with Crippen LogP contribution < -0.4 is 5.32 Å². The van der Waals surface area contributed by atoms with Crippen molar-refractivity contribution in [3.8, 4) is 0 Å². The summed E-state index contributed by atoms with van der Waals surface area (Å²) in [6, 6.07) is 3.69. The van der Waals surface area contributed by atoms with Crippen LogP contribution in [0, 0.1) is 11.6 Å². The summed E-state index contributed by atoms with van der Waals surface area (Å²) >= 11 is 0. The van der Waals surface area contributed by atoms with Crippen LogP contribution in [0.2, 0.25) is 0 Å². The molecule has 19 heavy (non-hydrogen) atoms. The Morgan fingerprint density at radius 1 is 1.26 bits per heavy atom. The van der Waals surface area contributed by atoms with E-state index in [1.165, 1.54) is 12.3 Å². The summed E-state index contributed by atoms with van der Waals surface area (Å²) in [4.78, 5) is 0. The Bertz CT molecular complexity index is 517. The van der Waals surface area contributed by atoms with Crippen LogP contribution in [0.15, 0.2) is 18.2 Å². The third kappa shape index (κ3) is 6.11. The fourth-order valence-electron chi connectivity index (χ4n) is 1.87. The average molecular weight is 291 g/mol. The lowest BCUT2D eigenvalue weighted by atomic mass is 10.0. The van der Waals surface area contributed by atoms with Gasteiger partial charge in [-0.3, -0.25) is 0 Å². The highest BCUT2D eigenvalue weighted by Gasteiger charge is 2.13. The number of likely N-dealkylation sites (N-methyl/N-ethyl adjacent to an activating group) is 1. The van der Waals surface area contributed by atoms with Crippen molar-refractivity contribution in [3.63, 3.8) is 0 Å². The monoisotopic (exact) mass is 291 g/mol. The van der Waals surface area contributed by atoms with Crippen LogP contribution in [0.1, 0.15) is 18.9 Å². The van der Waals surface area contributed by atoms with E-state index in [2.05, 4.69) is 5.32 Å². The van der Waals surface area contributed by atoms with Gasteiger partial charge in [0.05, 0.1) is 5.75 Å². The van der Waals surface area contributed by atoms with Crippen LogP contribution in [0.5, 0.6) is 0 Å². The van der Waals surface area contributed by atoms with Crippen LogP contribution in [0.25, 0.3) is 0 Å². The molecule has 0 bridgehead atoms. The third-order valence-corrected chi connectivity index (χ3v) is 3.77. The van der Waals surface area contributed by atoms with E-state index in [9.17, 15) is 17.2 Å². The second-order valence-corrected chi connectivity index (χ2v) is 6.89. The van der Waals surface area contributed by atoms with E-state index < -0.39 is 21.5 Å². The van der Waals surface area contributed by atoms with Crippen molar-refractivity contribution in [2.75, 3.05) is 18.6 Å². The largest absolute Gasteiger partial charge is 0.314 e. The Kier molecular flexibility index (Phi) is 5.87. The van der Waals surface area contributed by atoms with Gasteiger partial charge in [-0.05, 0) is 37.1 Å². The molecule has 1 aromatic rings. The molecule has 0 aliphatic rings. The second-order valence-electron chi connectivity index (χ2n) is 4.63. The number of benzene rings is 1. The highest BCUT2D eigenvalue weighted by molar-refractivity contribution is 7.90. The van der Waals surface area contributed by atoms with Crippen molar-refractivity contribution >= 4 is 9.84 Å². The normalized spacial score (nSPS) is 13.5. The van der Waals surface area contributed by atoms with E-state index >= 15 is 0 Å². The van der Waals surface area contributed by atoms with Gasteiger partial charge in [-0.15, -0.1) is 0 Å². The Morgan fingerprint density at radius 3 is 2.47 bits per heavy atom. The zero-order chi connectivity index (χ0) is 14.5. The molecule has 0 aliphatic heterocycles. The molecule has 6 heteroatoms. The fraction of sp³-hybridized carbons (Fsp3) is 0.538. The molecule has 0 radical (unpaired) electrons. The predicted molar refractivity (Wildman–Crippen MR) is 71.9 cm³/mol. The topological polar surface area (TPSA) is 46.2 Å². The third-order valence-electron chi connectivity index (χ3n) is 2.80. The van der Waals surface area contributed by atoms with Crippen LogP contribution in [-0.2, 0) is 16.3 Å². The van der Waals surface area contributed by atoms with Crippen molar-refractivity contribution in [1.82, 2.24) is 5.32 Å². The maximum atomic E-state index is 13.1. The van der Waals surface area contributed by atoms with E-state index in [0.29, 0.717) is 24.9 Å². The van der Waals surface area contributed by atoms with E-state index in [-0.39, 0.29) is 11.8 Å². The molecular formula is C13H19F2NO2S. The summed E-state index contributed by atoms with van der Waals surface area (Å²) in [6.45, 7) is 2.61. The summed E-state index contributed by atoms with van der Waals surface area (Å²) < 4.78 is 48.2. The van der Waals surface area contributed by atoms with Crippen molar-refractivity contribution in [2.45, 2.75) is 25.8 Å². The lowest BCUT2D eigenvalue weighted by Gasteiger charge is -2.17. The van der Waals surface area contributed by atoms with Gasteiger partial charge in [0.1, 0.15) is 9.84 Å². The summed E-state index contributed by atoms with van der Waals surface area (Å²) in [6.07, 6.45) is 2.11. The molecule has 108 valence electrons. The van der Waals surface area contributed by atoms with Gasteiger partial charge in [0.15, 0.2) is 11.6 Å². The van der Waals surface area contributed by atoms with E-state index in [0.717, 1.165) is 12.1 Å². The zero-order valence-electron chi connectivity index (χ0n) is 11.1. The first kappa shape index (κ1) is 16.0. The number of sulfone groups is 1. The Labute approximate surface area is 112 Å². The Morgan fingerprint density at radius 2 is 1.95 bits per heavy atom. The van der Waals surface area contributed by atoms with Gasteiger partial charge in [-0.1, -0.05) is 13.0 Å². The molecule has 0 saturated heterocycles. The second kappa shape index (κ2) is 6.96. The number of halogens is 2. The lowest BCUT2D eigenvalue weighted by molar-refractivity contribution is 0.492. The van der Waals surface area contributed by atoms with E-state index in [4.69, 9.17) is 0 Å². The van der Waals surface area contributed by atoms with Crippen LogP contribution in [-0.4, -0.2) is 33.0 Å². The molecule has 0 aromatic heterocycles. The fourth-order valence-corrected chi connectivity index (χ4v) is 2.59. The standard InChI is InChI=1S/C13H19F2NO2S/c1-3-16-11(6-7-19(2,17)18)8-10-4-5-12(14)13(15)9-10/h4-5,9,11,16H,3,6-8H2,1-2H3. The van der Waals surface area contributed by atoms with Crippen LogP contribution in [0.4, 0.5) is 8.78 Å². The average Bonchev–Trinajstić information content (AvgIpc) is 2.30. The molecule has 0 amide bonds. The smallest absolute Gasteiger partial charge is 0.159 e. The summed E-state index contributed by atoms with van der Waals surface area (Å²) in [5, 5.41) is 3.16. The first-order chi connectivity index (χ1) is 8.81. The van der Waals surface area contributed by atoms with Gasteiger partial charge in [0, 0.05) is 12.3 Å². The maximum absolute atomic E-state index is 13.1. The van der Waals surface area contributed by atoms with Gasteiger partial charge in [0.25, 0.3) is 0 Å². The van der Waals surface area contributed by atoms with Gasteiger partial charge in [0.2, 0.25) is 0 Å². The van der Waals surface area contributed by atoms with Crippen LogP contribution in [0.3, 0.4) is 0 Å². The van der Waals surface area contributed by atoms with Crippen molar-refractivity contribution in [3.05, 3.63) is 35.4 Å². The summed E-state index contributed by atoms with van der Waals surface area (Å²) in [7, 11) is -3.02. The number of hydrogen-bond donors (Lipinski definition) is 1. The first-order valence-corrected chi connectivity index (χ1v) is 8.23. The molecule has 0 aliphatic carbocycles. The zero-order valence-corrected chi connectivity index (χ0v) is 11.9. The number of rotatable bonds is 7. The highest BCUT2D eigenvalue weighted by Crippen LogP contribution is 2.12. The van der Waals surface area contributed by atoms with Gasteiger partial charge >= 0.3 is 0 Å². The molecule has 1 atom stereocenters. The summed E-state index contributed by atoms with van der Waals surface area (Å²) in [5.74, 6) is -1.68. The predicted octanol–water partition coefficient (Wildman–Crippen LogP) is 1.92. The molecule has 1 unspecified atom stereocenters. The molecule has 0 saturated carbocycles. The quantitative estimate of drug-likeness (QED) is 0.835. The Hall–Kier alpha value is -1.01. The van der Waals surface area contributed by atoms with Gasteiger partial charge in [-0.2, -0.15) is 0 Å². The van der Waals surface area contributed by atoms with Crippen molar-refractivity contribution in [2.24, 2.45) is 0 Å². The Balaban J connectivity index is 2.69. The minimum absolute atomic E-state index is 0.0652. The lowest BCUT2D eigenvalue weighted by Crippen LogP contribution is -2.32. The van der Waals surface area contributed by atoms with Crippen molar-refractivity contribution < 1.29 is 17.2 Å². The first-order valence-electron chi connectivity index (χ1n) is 6.17. The van der Waals surface area contributed by atoms with E-state index in [1.807, 2.05) is 6.92 Å². The summed E-state index contributed by atoms with van der Waals surface area (Å²) in [5.41, 5.74) is 0.651.